The smallest absolute Gasteiger partial charge is 0.409 e. The largest absolute Gasteiger partial charge is 0.450 e. The molecule has 0 unspecified atom stereocenters. The molecule has 0 aliphatic carbocycles. The molecule has 1 atom stereocenters. The van der Waals surface area contributed by atoms with Gasteiger partial charge in [0, 0.05) is 45.0 Å². The second kappa shape index (κ2) is 10.9. The van der Waals surface area contributed by atoms with Crippen molar-refractivity contribution in [1.82, 2.24) is 20.0 Å². The number of carbonyl (C=O) groups is 4. The van der Waals surface area contributed by atoms with Crippen LogP contribution in [0.5, 0.6) is 0 Å². The van der Waals surface area contributed by atoms with Crippen LogP contribution in [0.3, 0.4) is 0 Å². The zero-order chi connectivity index (χ0) is 23.1. The Morgan fingerprint density at radius 2 is 1.78 bits per heavy atom. The Kier molecular flexibility index (Phi) is 8.04. The number of nitrogens with one attached hydrogen (secondary N) is 2. The van der Waals surface area contributed by atoms with E-state index in [4.69, 9.17) is 4.74 Å². The molecule has 2 N–H and O–H groups in total. The van der Waals surface area contributed by atoms with E-state index < -0.39 is 6.04 Å². The molecule has 0 radical (unpaired) electrons. The molecule has 0 spiro atoms. The summed E-state index contributed by atoms with van der Waals surface area (Å²) >= 11 is 0. The van der Waals surface area contributed by atoms with E-state index in [1.54, 1.807) is 24.0 Å². The van der Waals surface area contributed by atoms with E-state index in [1.165, 1.54) is 4.90 Å². The van der Waals surface area contributed by atoms with Crippen molar-refractivity contribution in [2.45, 2.75) is 26.3 Å². The summed E-state index contributed by atoms with van der Waals surface area (Å²) in [4.78, 5) is 54.9. The van der Waals surface area contributed by atoms with E-state index in [2.05, 4.69) is 10.6 Å². The molecule has 1 aromatic rings. The molecule has 2 fully saturated rings. The number of hydrogen-bond donors (Lipinski definition) is 2. The molecule has 0 saturated carbocycles. The van der Waals surface area contributed by atoms with E-state index in [1.807, 2.05) is 24.0 Å². The number of nitrogens with zero attached hydrogens (tertiary/aromatic N) is 3. The molecule has 2 heterocycles. The number of piperazine rings is 2. The Morgan fingerprint density at radius 1 is 1.09 bits per heavy atom. The lowest BCUT2D eigenvalue weighted by atomic mass is 10.1. The third-order valence-corrected chi connectivity index (χ3v) is 5.62. The van der Waals surface area contributed by atoms with Crippen molar-refractivity contribution in [1.29, 1.82) is 0 Å². The van der Waals surface area contributed by atoms with Gasteiger partial charge >= 0.3 is 6.09 Å². The minimum atomic E-state index is -0.845. The van der Waals surface area contributed by atoms with Crippen molar-refractivity contribution in [3.63, 3.8) is 0 Å². The van der Waals surface area contributed by atoms with E-state index in [0.29, 0.717) is 51.6 Å². The van der Waals surface area contributed by atoms with Crippen LogP contribution in [0, 0.1) is 6.92 Å². The number of rotatable bonds is 6. The fourth-order valence-electron chi connectivity index (χ4n) is 3.83. The Bertz CT molecular complexity index is 836. The number of aryl methyl sites for hydroxylation is 1. The van der Waals surface area contributed by atoms with Gasteiger partial charge in [-0.2, -0.15) is 0 Å². The molecule has 2 aliphatic heterocycles. The average Bonchev–Trinajstić information content (AvgIpc) is 2.77. The number of hydrogen-bond acceptors (Lipinski definition) is 6. The topological polar surface area (TPSA) is 111 Å². The molecule has 2 saturated heterocycles. The van der Waals surface area contributed by atoms with Gasteiger partial charge in [0.2, 0.25) is 17.7 Å². The lowest BCUT2D eigenvalue weighted by molar-refractivity contribution is -0.145. The summed E-state index contributed by atoms with van der Waals surface area (Å²) in [6, 6.07) is 6.53. The first-order chi connectivity index (χ1) is 15.4. The fourth-order valence-corrected chi connectivity index (χ4v) is 3.83. The lowest BCUT2D eigenvalue weighted by Crippen LogP contribution is -2.60. The van der Waals surface area contributed by atoms with Crippen molar-refractivity contribution < 1.29 is 23.9 Å². The van der Waals surface area contributed by atoms with Crippen LogP contribution < -0.4 is 10.6 Å². The fraction of sp³-hybridized carbons (Fsp3) is 0.545. The lowest BCUT2D eigenvalue weighted by Gasteiger charge is -2.38. The molecular formula is C22H31N5O5. The van der Waals surface area contributed by atoms with Gasteiger partial charge in [0.1, 0.15) is 6.04 Å². The minimum absolute atomic E-state index is 0.109. The molecule has 174 valence electrons. The first-order valence-electron chi connectivity index (χ1n) is 10.9. The minimum Gasteiger partial charge on any atom is -0.450 e. The standard InChI is InChI=1S/C22H31N5O5/c1-3-32-22(31)26-12-10-25(11-13-26)15-20(29)27-9-8-23-21(30)18(27)14-19(28)24-17-6-4-16(2)5-7-17/h4-7,18H,3,8-15H2,1-2H3,(H,23,30)(H,24,28)/t18-/m0/s1. The summed E-state index contributed by atoms with van der Waals surface area (Å²) in [5.41, 5.74) is 1.73. The van der Waals surface area contributed by atoms with Gasteiger partial charge in [-0.05, 0) is 26.0 Å². The Hall–Kier alpha value is -3.14. The predicted octanol–water partition coefficient (Wildman–Crippen LogP) is 0.425. The van der Waals surface area contributed by atoms with Gasteiger partial charge in [0.25, 0.3) is 0 Å². The molecule has 0 bridgehead atoms. The van der Waals surface area contributed by atoms with Crippen molar-refractivity contribution in [3.8, 4) is 0 Å². The van der Waals surface area contributed by atoms with Gasteiger partial charge in [-0.3, -0.25) is 19.3 Å². The summed E-state index contributed by atoms with van der Waals surface area (Å²) in [6.07, 6.45) is -0.451. The molecule has 4 amide bonds. The Balaban J connectivity index is 1.54. The molecular weight excluding hydrogens is 414 g/mol. The van der Waals surface area contributed by atoms with Crippen LogP contribution in [-0.4, -0.2) is 97.0 Å². The van der Waals surface area contributed by atoms with Crippen molar-refractivity contribution in [3.05, 3.63) is 29.8 Å². The summed E-state index contributed by atoms with van der Waals surface area (Å²) < 4.78 is 5.02. The molecule has 32 heavy (non-hydrogen) atoms. The van der Waals surface area contributed by atoms with E-state index in [0.717, 1.165) is 5.56 Å². The third kappa shape index (κ3) is 6.19. The van der Waals surface area contributed by atoms with E-state index in [-0.39, 0.29) is 36.8 Å². The summed E-state index contributed by atoms with van der Waals surface area (Å²) in [7, 11) is 0. The van der Waals surface area contributed by atoms with Crippen molar-refractivity contribution in [2.24, 2.45) is 0 Å². The van der Waals surface area contributed by atoms with Crippen molar-refractivity contribution in [2.75, 3.05) is 57.7 Å². The van der Waals surface area contributed by atoms with Gasteiger partial charge in [-0.1, -0.05) is 17.7 Å². The summed E-state index contributed by atoms with van der Waals surface area (Å²) in [5, 5.41) is 5.53. The average molecular weight is 446 g/mol. The number of carbonyl (C=O) groups excluding carboxylic acids is 4. The number of amides is 4. The Morgan fingerprint density at radius 3 is 2.44 bits per heavy atom. The highest BCUT2D eigenvalue weighted by atomic mass is 16.6. The molecule has 1 aromatic carbocycles. The maximum atomic E-state index is 13.0. The summed E-state index contributed by atoms with van der Waals surface area (Å²) in [6.45, 7) is 6.95. The Labute approximate surface area is 187 Å². The quantitative estimate of drug-likeness (QED) is 0.657. The van der Waals surface area contributed by atoms with Crippen LogP contribution >= 0.6 is 0 Å². The van der Waals surface area contributed by atoms with E-state index >= 15 is 0 Å². The maximum Gasteiger partial charge on any atom is 0.409 e. The zero-order valence-electron chi connectivity index (χ0n) is 18.6. The zero-order valence-corrected chi connectivity index (χ0v) is 18.6. The molecule has 10 heteroatoms. The maximum absolute atomic E-state index is 13.0. The van der Waals surface area contributed by atoms with Gasteiger partial charge in [0.05, 0.1) is 19.6 Å². The highest BCUT2D eigenvalue weighted by Crippen LogP contribution is 2.14. The number of anilines is 1. The molecule has 0 aromatic heterocycles. The van der Waals surface area contributed by atoms with Gasteiger partial charge in [-0.15, -0.1) is 0 Å². The van der Waals surface area contributed by atoms with Crippen LogP contribution in [0.15, 0.2) is 24.3 Å². The first-order valence-corrected chi connectivity index (χ1v) is 10.9. The normalized spacial score (nSPS) is 19.3. The van der Waals surface area contributed by atoms with Crippen LogP contribution in [0.2, 0.25) is 0 Å². The van der Waals surface area contributed by atoms with Crippen molar-refractivity contribution >= 4 is 29.5 Å². The molecule has 3 rings (SSSR count). The van der Waals surface area contributed by atoms with Crippen LogP contribution in [-0.2, 0) is 19.1 Å². The first kappa shape index (κ1) is 23.5. The summed E-state index contributed by atoms with van der Waals surface area (Å²) in [5.74, 6) is -0.842. The molecule has 2 aliphatic rings. The highest BCUT2D eigenvalue weighted by molar-refractivity contribution is 5.97. The monoisotopic (exact) mass is 445 g/mol. The predicted molar refractivity (Wildman–Crippen MR) is 118 cm³/mol. The van der Waals surface area contributed by atoms with Gasteiger partial charge in [-0.25, -0.2) is 4.79 Å². The SMILES string of the molecule is CCOC(=O)N1CCN(CC(=O)N2CCNC(=O)[C@@H]2CC(=O)Nc2ccc(C)cc2)CC1. The number of ether oxygens (including phenoxy) is 1. The van der Waals surface area contributed by atoms with E-state index in [9.17, 15) is 19.2 Å². The van der Waals surface area contributed by atoms with Crippen LogP contribution in [0.25, 0.3) is 0 Å². The van der Waals surface area contributed by atoms with Crippen LogP contribution in [0.1, 0.15) is 18.9 Å². The second-order valence-corrected chi connectivity index (χ2v) is 7.97. The second-order valence-electron chi connectivity index (χ2n) is 7.97. The third-order valence-electron chi connectivity index (χ3n) is 5.62. The van der Waals surface area contributed by atoms with Crippen LogP contribution in [0.4, 0.5) is 10.5 Å². The molecule has 10 nitrogen and oxygen atoms in total. The van der Waals surface area contributed by atoms with Gasteiger partial charge in [0.15, 0.2) is 0 Å². The number of benzene rings is 1. The highest BCUT2D eigenvalue weighted by Gasteiger charge is 2.35. The van der Waals surface area contributed by atoms with Gasteiger partial charge < -0.3 is 25.2 Å².